The summed E-state index contributed by atoms with van der Waals surface area (Å²) >= 11 is 0. The van der Waals surface area contributed by atoms with Crippen LogP contribution >= 0.6 is 0 Å². The number of aliphatic hydroxyl groups excluding tert-OH is 2. The van der Waals surface area contributed by atoms with Crippen LogP contribution in [0.2, 0.25) is 0 Å². The molecule has 86 valence electrons. The first-order valence-electron chi connectivity index (χ1n) is 5.09. The van der Waals surface area contributed by atoms with Crippen molar-refractivity contribution in [3.8, 4) is 0 Å². The lowest BCUT2D eigenvalue weighted by atomic mass is 9.94. The second-order valence-electron chi connectivity index (χ2n) is 4.56. The van der Waals surface area contributed by atoms with Crippen molar-refractivity contribution in [2.75, 3.05) is 19.7 Å². The van der Waals surface area contributed by atoms with Crippen LogP contribution in [0.5, 0.6) is 0 Å². The summed E-state index contributed by atoms with van der Waals surface area (Å²) in [4.78, 5) is 0. The lowest BCUT2D eigenvalue weighted by Crippen LogP contribution is -2.42. The molecule has 0 spiro atoms. The third-order valence-corrected chi connectivity index (χ3v) is 1.94. The Balaban J connectivity index is 3.65. The average Bonchev–Trinajstić information content (AvgIpc) is 2.01. The highest BCUT2D eigenvalue weighted by atomic mass is 16.3. The van der Waals surface area contributed by atoms with Crippen LogP contribution in [0.1, 0.15) is 27.2 Å². The highest BCUT2D eigenvalue weighted by Crippen LogP contribution is 2.14. The smallest absolute Gasteiger partial charge is 0.0894 e. The number of aliphatic hydroxyl groups is 3. The van der Waals surface area contributed by atoms with Gasteiger partial charge in [-0.05, 0) is 19.3 Å². The van der Waals surface area contributed by atoms with Gasteiger partial charge in [-0.3, -0.25) is 0 Å². The summed E-state index contributed by atoms with van der Waals surface area (Å²) in [6.45, 7) is 6.37. The van der Waals surface area contributed by atoms with Crippen LogP contribution < -0.4 is 5.32 Å². The summed E-state index contributed by atoms with van der Waals surface area (Å²) in [5.74, 6) is 0.439. The molecule has 14 heavy (non-hydrogen) atoms. The Hall–Kier alpha value is -0.160. The molecule has 0 rings (SSSR count). The maximum absolute atomic E-state index is 9.86. The molecule has 0 heterocycles. The van der Waals surface area contributed by atoms with Gasteiger partial charge in [0.15, 0.2) is 0 Å². The molecule has 2 atom stereocenters. The van der Waals surface area contributed by atoms with Crippen molar-refractivity contribution in [2.45, 2.75) is 38.9 Å². The van der Waals surface area contributed by atoms with Crippen LogP contribution in [0.4, 0.5) is 0 Å². The first-order chi connectivity index (χ1) is 6.37. The predicted molar refractivity (Wildman–Crippen MR) is 56.0 cm³/mol. The Bertz CT molecular complexity index is 148. The maximum Gasteiger partial charge on any atom is 0.0894 e. The zero-order valence-corrected chi connectivity index (χ0v) is 9.32. The van der Waals surface area contributed by atoms with E-state index in [4.69, 9.17) is 10.2 Å². The minimum absolute atomic E-state index is 0.251. The molecule has 0 saturated carbocycles. The van der Waals surface area contributed by atoms with Crippen LogP contribution in [0.15, 0.2) is 0 Å². The van der Waals surface area contributed by atoms with E-state index in [2.05, 4.69) is 19.2 Å². The third-order valence-electron chi connectivity index (χ3n) is 1.94. The average molecular weight is 205 g/mol. The van der Waals surface area contributed by atoms with E-state index >= 15 is 0 Å². The van der Waals surface area contributed by atoms with Crippen LogP contribution in [0.25, 0.3) is 0 Å². The number of hydrogen-bond donors (Lipinski definition) is 4. The molecular weight excluding hydrogens is 182 g/mol. The van der Waals surface area contributed by atoms with Crippen LogP contribution in [0.3, 0.4) is 0 Å². The molecule has 0 aromatic rings. The van der Waals surface area contributed by atoms with Crippen LogP contribution in [0, 0.1) is 5.92 Å². The van der Waals surface area contributed by atoms with E-state index in [-0.39, 0.29) is 6.61 Å². The van der Waals surface area contributed by atoms with Crippen LogP contribution in [-0.2, 0) is 0 Å². The molecule has 0 aliphatic heterocycles. The highest BCUT2D eigenvalue weighted by molar-refractivity contribution is 4.77. The first-order valence-corrected chi connectivity index (χ1v) is 5.09. The topological polar surface area (TPSA) is 72.7 Å². The number of rotatable bonds is 7. The zero-order chi connectivity index (χ0) is 11.2. The quantitative estimate of drug-likeness (QED) is 0.461. The Kier molecular flexibility index (Phi) is 6.27. The molecule has 0 radical (unpaired) electrons. The molecule has 0 saturated heterocycles. The fraction of sp³-hybridized carbons (Fsp3) is 1.00. The van der Waals surface area contributed by atoms with Crippen molar-refractivity contribution in [1.82, 2.24) is 5.32 Å². The molecule has 0 aromatic heterocycles. The Morgan fingerprint density at radius 2 is 1.93 bits per heavy atom. The molecular formula is C10H23NO3. The normalized spacial score (nSPS) is 18.2. The second-order valence-corrected chi connectivity index (χ2v) is 4.56. The molecule has 4 N–H and O–H groups in total. The summed E-state index contributed by atoms with van der Waals surface area (Å²) in [5.41, 5.74) is -0.747. The lowest BCUT2D eigenvalue weighted by Gasteiger charge is -2.26. The van der Waals surface area contributed by atoms with E-state index < -0.39 is 11.7 Å². The van der Waals surface area contributed by atoms with E-state index in [1.807, 2.05) is 0 Å². The Morgan fingerprint density at radius 1 is 1.36 bits per heavy atom. The van der Waals surface area contributed by atoms with Gasteiger partial charge in [0, 0.05) is 13.1 Å². The van der Waals surface area contributed by atoms with Gasteiger partial charge in [-0.1, -0.05) is 13.8 Å². The maximum atomic E-state index is 9.86. The van der Waals surface area contributed by atoms with Gasteiger partial charge < -0.3 is 20.6 Å². The lowest BCUT2D eigenvalue weighted by molar-refractivity contribution is 0.0316. The third kappa shape index (κ3) is 7.26. The fourth-order valence-electron chi connectivity index (χ4n) is 1.52. The molecule has 0 fully saturated rings. The second kappa shape index (κ2) is 6.35. The molecule has 4 nitrogen and oxygen atoms in total. The summed E-state index contributed by atoms with van der Waals surface area (Å²) in [7, 11) is 0. The van der Waals surface area contributed by atoms with Crippen molar-refractivity contribution in [1.29, 1.82) is 0 Å². The first kappa shape index (κ1) is 13.8. The minimum Gasteiger partial charge on any atom is -0.394 e. The zero-order valence-electron chi connectivity index (χ0n) is 9.32. The van der Waals surface area contributed by atoms with E-state index in [1.165, 1.54) is 0 Å². The number of nitrogens with one attached hydrogen (secondary N) is 1. The molecule has 0 aromatic carbocycles. The standard InChI is InChI=1S/C10H23NO3/c1-8(2)4-10(3,14)7-11-5-9(13)6-12/h8-9,11-14H,4-7H2,1-3H3. The SMILES string of the molecule is CC(C)CC(C)(O)CNCC(O)CO. The molecule has 4 heteroatoms. The van der Waals surface area contributed by atoms with Crippen LogP contribution in [-0.4, -0.2) is 46.7 Å². The summed E-state index contributed by atoms with van der Waals surface area (Å²) in [5, 5.41) is 30.4. The Labute approximate surface area is 86.0 Å². The largest absolute Gasteiger partial charge is 0.394 e. The monoisotopic (exact) mass is 205 g/mol. The van der Waals surface area contributed by atoms with Gasteiger partial charge in [0.05, 0.1) is 18.3 Å². The minimum atomic E-state index is -0.747. The van der Waals surface area contributed by atoms with Gasteiger partial charge in [-0.15, -0.1) is 0 Å². The van der Waals surface area contributed by atoms with Gasteiger partial charge >= 0.3 is 0 Å². The molecule has 0 aliphatic carbocycles. The van der Waals surface area contributed by atoms with Gasteiger partial charge in [0.25, 0.3) is 0 Å². The summed E-state index contributed by atoms with van der Waals surface area (Å²) in [6, 6.07) is 0. The van der Waals surface area contributed by atoms with Crippen molar-refractivity contribution in [3.63, 3.8) is 0 Å². The fourth-order valence-corrected chi connectivity index (χ4v) is 1.52. The van der Waals surface area contributed by atoms with Crippen molar-refractivity contribution < 1.29 is 15.3 Å². The van der Waals surface area contributed by atoms with E-state index in [9.17, 15) is 5.11 Å². The molecule has 0 bridgehead atoms. The molecule has 0 aliphatic rings. The summed E-state index contributed by atoms with van der Waals surface area (Å²) in [6.07, 6.45) is -0.0280. The van der Waals surface area contributed by atoms with Gasteiger partial charge in [0.2, 0.25) is 0 Å². The van der Waals surface area contributed by atoms with Crippen molar-refractivity contribution >= 4 is 0 Å². The molecule has 0 amide bonds. The van der Waals surface area contributed by atoms with Gasteiger partial charge in [-0.25, -0.2) is 0 Å². The van der Waals surface area contributed by atoms with E-state index in [1.54, 1.807) is 6.92 Å². The van der Waals surface area contributed by atoms with Crippen molar-refractivity contribution in [3.05, 3.63) is 0 Å². The van der Waals surface area contributed by atoms with Gasteiger partial charge in [-0.2, -0.15) is 0 Å². The van der Waals surface area contributed by atoms with Crippen molar-refractivity contribution in [2.24, 2.45) is 5.92 Å². The summed E-state index contributed by atoms with van der Waals surface area (Å²) < 4.78 is 0. The number of hydrogen-bond acceptors (Lipinski definition) is 4. The van der Waals surface area contributed by atoms with E-state index in [0.717, 1.165) is 6.42 Å². The Morgan fingerprint density at radius 3 is 2.36 bits per heavy atom. The van der Waals surface area contributed by atoms with E-state index in [0.29, 0.717) is 19.0 Å². The predicted octanol–water partition coefficient (Wildman–Crippen LogP) is -0.274. The molecule has 2 unspecified atom stereocenters. The highest BCUT2D eigenvalue weighted by Gasteiger charge is 2.21. The van der Waals surface area contributed by atoms with Gasteiger partial charge in [0.1, 0.15) is 0 Å².